The maximum absolute atomic E-state index is 11.1. The Morgan fingerprint density at radius 3 is 2.42 bits per heavy atom. The lowest BCUT2D eigenvalue weighted by Crippen LogP contribution is -2.45. The Morgan fingerprint density at radius 1 is 1.37 bits per heavy atom. The smallest absolute Gasteiger partial charge is 0.469 e. The zero-order valence-corrected chi connectivity index (χ0v) is 11.2. The van der Waals surface area contributed by atoms with Gasteiger partial charge >= 0.3 is 13.8 Å². The molecule has 0 amide bonds. The topological polar surface area (TPSA) is 116 Å². The Morgan fingerprint density at radius 2 is 1.95 bits per heavy atom. The molecule has 0 aromatic heterocycles. The molecule has 7 nitrogen and oxygen atoms in total. The van der Waals surface area contributed by atoms with Gasteiger partial charge in [-0.15, -0.1) is 0 Å². The number of nitrogens with one attached hydrogen (secondary N) is 1. The largest absolute Gasteiger partial charge is 0.480 e. The second-order valence-corrected chi connectivity index (χ2v) is 5.18. The normalized spacial score (nSPS) is 14.9. The van der Waals surface area contributed by atoms with E-state index in [-0.39, 0.29) is 6.54 Å². The van der Waals surface area contributed by atoms with E-state index >= 15 is 0 Å². The molecular formula is C11H16NO6P. The number of carboxylic acid groups (broad SMARTS) is 1. The molecule has 2 atom stereocenters. The minimum Gasteiger partial charge on any atom is -0.480 e. The van der Waals surface area contributed by atoms with Crippen molar-refractivity contribution < 1.29 is 28.8 Å². The van der Waals surface area contributed by atoms with Crippen molar-refractivity contribution in [3.8, 4) is 0 Å². The number of phosphoric ester groups is 1. The maximum atomic E-state index is 11.1. The van der Waals surface area contributed by atoms with Gasteiger partial charge in [-0.1, -0.05) is 30.3 Å². The summed E-state index contributed by atoms with van der Waals surface area (Å²) in [6.07, 6.45) is -1.16. The molecule has 0 aliphatic carbocycles. The Hall–Kier alpha value is -1.24. The predicted molar refractivity (Wildman–Crippen MR) is 67.3 cm³/mol. The van der Waals surface area contributed by atoms with Gasteiger partial charge in [0.05, 0.1) is 6.10 Å². The number of hydrogen-bond donors (Lipinski definition) is 4. The van der Waals surface area contributed by atoms with Gasteiger partial charge in [-0.25, -0.2) is 4.57 Å². The lowest BCUT2D eigenvalue weighted by Gasteiger charge is -2.22. The van der Waals surface area contributed by atoms with Crippen molar-refractivity contribution >= 4 is 13.8 Å². The SMILES string of the molecule is C[C@@H](OP(=O)(O)O)[C@H](NCc1ccccc1)C(=O)O. The summed E-state index contributed by atoms with van der Waals surface area (Å²) in [5.41, 5.74) is 0.858. The minimum absolute atomic E-state index is 0.257. The average molecular weight is 289 g/mol. The first-order chi connectivity index (χ1) is 8.79. The third-order valence-electron chi connectivity index (χ3n) is 2.41. The van der Waals surface area contributed by atoms with Crippen LogP contribution in [-0.4, -0.2) is 33.0 Å². The Balaban J connectivity index is 2.63. The molecule has 0 spiro atoms. The van der Waals surface area contributed by atoms with Crippen molar-refractivity contribution in [3.05, 3.63) is 35.9 Å². The molecule has 1 rings (SSSR count). The van der Waals surface area contributed by atoms with Crippen LogP contribution in [0.25, 0.3) is 0 Å². The Kier molecular flexibility index (Phi) is 5.65. The molecule has 0 unspecified atom stereocenters. The van der Waals surface area contributed by atoms with Crippen LogP contribution in [-0.2, 0) is 20.4 Å². The van der Waals surface area contributed by atoms with Crippen LogP contribution in [0.1, 0.15) is 12.5 Å². The number of carbonyl (C=O) groups is 1. The summed E-state index contributed by atoms with van der Waals surface area (Å²) >= 11 is 0. The first kappa shape index (κ1) is 15.8. The van der Waals surface area contributed by atoms with E-state index in [4.69, 9.17) is 14.9 Å². The summed E-state index contributed by atoms with van der Waals surface area (Å²) < 4.78 is 15.1. The van der Waals surface area contributed by atoms with Crippen LogP contribution in [0.3, 0.4) is 0 Å². The van der Waals surface area contributed by atoms with Crippen molar-refractivity contribution in [2.45, 2.75) is 25.6 Å². The van der Waals surface area contributed by atoms with Gasteiger partial charge in [0.2, 0.25) is 0 Å². The highest BCUT2D eigenvalue weighted by molar-refractivity contribution is 7.46. The van der Waals surface area contributed by atoms with E-state index in [0.29, 0.717) is 0 Å². The molecule has 106 valence electrons. The van der Waals surface area contributed by atoms with E-state index in [0.717, 1.165) is 5.56 Å². The van der Waals surface area contributed by atoms with Crippen molar-refractivity contribution in [2.75, 3.05) is 0 Å². The summed E-state index contributed by atoms with van der Waals surface area (Å²) in [5.74, 6) is -1.24. The fourth-order valence-electron chi connectivity index (χ4n) is 1.56. The number of benzene rings is 1. The molecular weight excluding hydrogens is 273 g/mol. The number of hydrogen-bond acceptors (Lipinski definition) is 4. The van der Waals surface area contributed by atoms with E-state index in [1.165, 1.54) is 6.92 Å². The van der Waals surface area contributed by atoms with Crippen LogP contribution in [0.5, 0.6) is 0 Å². The summed E-state index contributed by atoms with van der Waals surface area (Å²) in [4.78, 5) is 28.4. The zero-order chi connectivity index (χ0) is 14.5. The third-order valence-corrected chi connectivity index (χ3v) is 3.02. The molecule has 0 saturated carbocycles. The number of phosphoric acid groups is 1. The number of aliphatic carboxylic acids is 1. The van der Waals surface area contributed by atoms with E-state index in [1.54, 1.807) is 12.1 Å². The molecule has 0 saturated heterocycles. The molecule has 0 aliphatic rings. The number of rotatable bonds is 7. The molecule has 0 heterocycles. The van der Waals surface area contributed by atoms with Gasteiger partial charge in [0.1, 0.15) is 6.04 Å². The second kappa shape index (κ2) is 6.79. The molecule has 0 fully saturated rings. The molecule has 0 bridgehead atoms. The average Bonchev–Trinajstić information content (AvgIpc) is 2.27. The van der Waals surface area contributed by atoms with Gasteiger partial charge in [-0.3, -0.25) is 14.6 Å². The van der Waals surface area contributed by atoms with Crippen molar-refractivity contribution in [1.29, 1.82) is 0 Å². The van der Waals surface area contributed by atoms with Gasteiger partial charge in [0.25, 0.3) is 0 Å². The van der Waals surface area contributed by atoms with Gasteiger partial charge in [0.15, 0.2) is 0 Å². The fourth-order valence-corrected chi connectivity index (χ4v) is 2.11. The standard InChI is InChI=1S/C11H16NO6P/c1-8(18-19(15,16)17)10(11(13)14)12-7-9-5-3-2-4-6-9/h2-6,8,10,12H,7H2,1H3,(H,13,14)(H2,15,16,17)/t8-,10+/m1/s1. The summed E-state index contributed by atoms with van der Waals surface area (Å²) in [6.45, 7) is 1.54. The summed E-state index contributed by atoms with van der Waals surface area (Å²) in [6, 6.07) is 7.84. The highest BCUT2D eigenvalue weighted by Gasteiger charge is 2.30. The van der Waals surface area contributed by atoms with Crippen LogP contribution in [0.15, 0.2) is 30.3 Å². The molecule has 19 heavy (non-hydrogen) atoms. The van der Waals surface area contributed by atoms with Crippen molar-refractivity contribution in [1.82, 2.24) is 5.32 Å². The molecule has 0 radical (unpaired) electrons. The summed E-state index contributed by atoms with van der Waals surface area (Å²) in [5, 5.41) is 11.7. The molecule has 8 heteroatoms. The maximum Gasteiger partial charge on any atom is 0.469 e. The Labute approximate surface area is 110 Å². The lowest BCUT2D eigenvalue weighted by molar-refractivity contribution is -0.141. The van der Waals surface area contributed by atoms with E-state index in [9.17, 15) is 9.36 Å². The lowest BCUT2D eigenvalue weighted by atomic mass is 10.1. The second-order valence-electron chi connectivity index (χ2n) is 3.98. The van der Waals surface area contributed by atoms with Crippen LogP contribution >= 0.6 is 7.82 Å². The highest BCUT2D eigenvalue weighted by atomic mass is 31.2. The van der Waals surface area contributed by atoms with Gasteiger partial charge in [-0.2, -0.15) is 0 Å². The van der Waals surface area contributed by atoms with E-state index in [1.807, 2.05) is 18.2 Å². The molecule has 4 N–H and O–H groups in total. The van der Waals surface area contributed by atoms with Crippen molar-refractivity contribution in [3.63, 3.8) is 0 Å². The van der Waals surface area contributed by atoms with Gasteiger partial charge < -0.3 is 14.9 Å². The van der Waals surface area contributed by atoms with E-state index in [2.05, 4.69) is 9.84 Å². The monoisotopic (exact) mass is 289 g/mol. The third kappa shape index (κ3) is 5.96. The van der Waals surface area contributed by atoms with Gasteiger partial charge in [-0.05, 0) is 12.5 Å². The predicted octanol–water partition coefficient (Wildman–Crippen LogP) is 0.727. The first-order valence-corrected chi connectivity index (χ1v) is 7.06. The highest BCUT2D eigenvalue weighted by Crippen LogP contribution is 2.38. The molecule has 1 aromatic carbocycles. The fraction of sp³-hybridized carbons (Fsp3) is 0.364. The zero-order valence-electron chi connectivity index (χ0n) is 10.3. The number of carboxylic acids is 1. The molecule has 0 aliphatic heterocycles. The van der Waals surface area contributed by atoms with Crippen LogP contribution in [0.2, 0.25) is 0 Å². The Bertz CT molecular complexity index is 460. The first-order valence-electron chi connectivity index (χ1n) is 5.53. The van der Waals surface area contributed by atoms with Crippen LogP contribution in [0.4, 0.5) is 0 Å². The quantitative estimate of drug-likeness (QED) is 0.547. The van der Waals surface area contributed by atoms with Gasteiger partial charge in [0, 0.05) is 6.54 Å². The minimum atomic E-state index is -4.71. The molecule has 1 aromatic rings. The van der Waals surface area contributed by atoms with Crippen molar-refractivity contribution in [2.24, 2.45) is 0 Å². The van der Waals surface area contributed by atoms with E-state index < -0.39 is 25.9 Å². The summed E-state index contributed by atoms with van der Waals surface area (Å²) in [7, 11) is -4.71. The van der Waals surface area contributed by atoms with Crippen LogP contribution < -0.4 is 5.32 Å². The van der Waals surface area contributed by atoms with Crippen LogP contribution in [0, 0.1) is 0 Å².